The number of nitrogens with one attached hydrogen (secondary N) is 1. The van der Waals surface area contributed by atoms with Crippen LogP contribution in [-0.4, -0.2) is 18.9 Å². The molecular formula is C9H6BrF4NO2. The standard InChI is InChI=1S/C9H6BrF4NO2/c10-6-2-1-5(3-7(6)11)15-8(16)17-4-9(12,13)14/h1-3H,4H2,(H,15,16). The third-order valence-electron chi connectivity index (χ3n) is 1.53. The highest BCUT2D eigenvalue weighted by Crippen LogP contribution is 2.20. The molecule has 3 nitrogen and oxygen atoms in total. The molecule has 0 spiro atoms. The summed E-state index contributed by atoms with van der Waals surface area (Å²) in [6.07, 6.45) is -5.90. The highest BCUT2D eigenvalue weighted by molar-refractivity contribution is 9.10. The van der Waals surface area contributed by atoms with E-state index in [0.29, 0.717) is 0 Å². The summed E-state index contributed by atoms with van der Waals surface area (Å²) in [7, 11) is 0. The van der Waals surface area contributed by atoms with Crippen LogP contribution in [0.1, 0.15) is 0 Å². The van der Waals surface area contributed by atoms with Gasteiger partial charge >= 0.3 is 12.3 Å². The van der Waals surface area contributed by atoms with Crippen LogP contribution in [0.5, 0.6) is 0 Å². The molecule has 0 aliphatic heterocycles. The minimum Gasteiger partial charge on any atom is -0.440 e. The van der Waals surface area contributed by atoms with Crippen molar-refractivity contribution in [2.45, 2.75) is 6.18 Å². The fraction of sp³-hybridized carbons (Fsp3) is 0.222. The molecule has 0 saturated heterocycles. The predicted molar refractivity (Wildman–Crippen MR) is 55.1 cm³/mol. The molecule has 8 heteroatoms. The van der Waals surface area contributed by atoms with Crippen molar-refractivity contribution in [3.05, 3.63) is 28.5 Å². The summed E-state index contributed by atoms with van der Waals surface area (Å²) in [4.78, 5) is 10.9. The van der Waals surface area contributed by atoms with E-state index < -0.39 is 24.7 Å². The molecule has 0 aliphatic rings. The molecule has 0 atom stereocenters. The molecule has 0 bridgehead atoms. The van der Waals surface area contributed by atoms with Crippen LogP contribution in [0.25, 0.3) is 0 Å². The van der Waals surface area contributed by atoms with Crippen molar-refractivity contribution in [3.8, 4) is 0 Å². The lowest BCUT2D eigenvalue weighted by Gasteiger charge is -2.09. The number of carbonyl (C=O) groups is 1. The van der Waals surface area contributed by atoms with Crippen molar-refractivity contribution in [1.82, 2.24) is 0 Å². The lowest BCUT2D eigenvalue weighted by Crippen LogP contribution is -2.23. The average molecular weight is 316 g/mol. The van der Waals surface area contributed by atoms with Crippen molar-refractivity contribution in [2.24, 2.45) is 0 Å². The summed E-state index contributed by atoms with van der Waals surface area (Å²) in [5.41, 5.74) is -0.00197. The number of ether oxygens (including phenoxy) is 1. The molecule has 1 amide bonds. The van der Waals surface area contributed by atoms with Crippen molar-refractivity contribution >= 4 is 27.7 Å². The molecule has 0 aliphatic carbocycles. The van der Waals surface area contributed by atoms with Crippen LogP contribution in [-0.2, 0) is 4.74 Å². The van der Waals surface area contributed by atoms with Gasteiger partial charge in [-0.3, -0.25) is 5.32 Å². The summed E-state index contributed by atoms with van der Waals surface area (Å²) in [6.45, 7) is -1.70. The van der Waals surface area contributed by atoms with E-state index in [2.05, 4.69) is 20.7 Å². The van der Waals surface area contributed by atoms with Crippen molar-refractivity contribution in [2.75, 3.05) is 11.9 Å². The van der Waals surface area contributed by atoms with Gasteiger partial charge in [0.2, 0.25) is 0 Å². The maximum Gasteiger partial charge on any atom is 0.422 e. The molecule has 1 aromatic rings. The van der Waals surface area contributed by atoms with Gasteiger partial charge in [0.1, 0.15) is 5.82 Å². The second-order valence-electron chi connectivity index (χ2n) is 2.95. The largest absolute Gasteiger partial charge is 0.440 e. The number of hydrogen-bond acceptors (Lipinski definition) is 2. The van der Waals surface area contributed by atoms with Crippen LogP contribution in [0.2, 0.25) is 0 Å². The molecule has 0 saturated carbocycles. The fourth-order valence-electron chi connectivity index (χ4n) is 0.875. The monoisotopic (exact) mass is 315 g/mol. The fourth-order valence-corrected chi connectivity index (χ4v) is 1.12. The van der Waals surface area contributed by atoms with E-state index in [1.54, 1.807) is 0 Å². The molecule has 0 aromatic heterocycles. The Kier molecular flexibility index (Phi) is 4.33. The third kappa shape index (κ3) is 5.03. The van der Waals surface area contributed by atoms with Crippen molar-refractivity contribution in [1.29, 1.82) is 0 Å². The highest BCUT2D eigenvalue weighted by Gasteiger charge is 2.29. The van der Waals surface area contributed by atoms with Gasteiger partial charge in [-0.2, -0.15) is 13.2 Å². The van der Waals surface area contributed by atoms with Crippen LogP contribution >= 0.6 is 15.9 Å². The number of rotatable bonds is 2. The van der Waals surface area contributed by atoms with Crippen LogP contribution < -0.4 is 5.32 Å². The lowest BCUT2D eigenvalue weighted by molar-refractivity contribution is -0.159. The van der Waals surface area contributed by atoms with Gasteiger partial charge in [0.15, 0.2) is 6.61 Å². The van der Waals surface area contributed by atoms with E-state index in [1.165, 1.54) is 12.1 Å². The molecule has 0 heterocycles. The van der Waals surface area contributed by atoms with Crippen molar-refractivity contribution < 1.29 is 27.1 Å². The van der Waals surface area contributed by atoms with Gasteiger partial charge in [-0.15, -0.1) is 0 Å². The Balaban J connectivity index is 2.54. The first kappa shape index (κ1) is 13.8. The Morgan fingerprint density at radius 2 is 2.06 bits per heavy atom. The maximum atomic E-state index is 13.0. The summed E-state index contributed by atoms with van der Waals surface area (Å²) in [5.74, 6) is -0.654. The normalized spacial score (nSPS) is 11.1. The van der Waals surface area contributed by atoms with Gasteiger partial charge in [-0.1, -0.05) is 0 Å². The molecule has 0 unspecified atom stereocenters. The number of benzene rings is 1. The molecule has 1 N–H and O–H groups in total. The van der Waals surface area contributed by atoms with E-state index in [0.717, 1.165) is 6.07 Å². The Hall–Kier alpha value is -1.31. The molecular weight excluding hydrogens is 310 g/mol. The van der Waals surface area contributed by atoms with Crippen LogP contribution in [0, 0.1) is 5.82 Å². The Bertz CT molecular complexity index is 422. The quantitative estimate of drug-likeness (QED) is 0.845. The molecule has 17 heavy (non-hydrogen) atoms. The third-order valence-corrected chi connectivity index (χ3v) is 2.18. The number of amides is 1. The van der Waals surface area contributed by atoms with E-state index in [-0.39, 0.29) is 10.2 Å². The lowest BCUT2D eigenvalue weighted by atomic mass is 10.3. The Labute approximate surface area is 102 Å². The minimum absolute atomic E-state index is 0.00197. The molecule has 94 valence electrons. The second kappa shape index (κ2) is 5.35. The Morgan fingerprint density at radius 3 is 2.59 bits per heavy atom. The molecule has 1 aromatic carbocycles. The highest BCUT2D eigenvalue weighted by atomic mass is 79.9. The number of alkyl halides is 3. The molecule has 0 fully saturated rings. The summed E-state index contributed by atoms with van der Waals surface area (Å²) in [6, 6.07) is 3.55. The molecule has 0 radical (unpaired) electrons. The zero-order valence-electron chi connectivity index (χ0n) is 8.15. The first-order chi connectivity index (χ1) is 7.78. The average Bonchev–Trinajstić information content (AvgIpc) is 2.20. The van der Waals surface area contributed by atoms with Gasteiger partial charge in [-0.05, 0) is 34.1 Å². The second-order valence-corrected chi connectivity index (χ2v) is 3.80. The number of hydrogen-bond donors (Lipinski definition) is 1. The smallest absolute Gasteiger partial charge is 0.422 e. The minimum atomic E-state index is -4.59. The van der Waals surface area contributed by atoms with E-state index in [9.17, 15) is 22.4 Å². The molecule has 1 rings (SSSR count). The topological polar surface area (TPSA) is 38.3 Å². The SMILES string of the molecule is O=C(Nc1ccc(Br)c(F)c1)OCC(F)(F)F. The summed E-state index contributed by atoms with van der Waals surface area (Å²) < 4.78 is 52.1. The van der Waals surface area contributed by atoms with E-state index in [4.69, 9.17) is 0 Å². The maximum absolute atomic E-state index is 13.0. The summed E-state index contributed by atoms with van der Waals surface area (Å²) in [5, 5.41) is 1.96. The van der Waals surface area contributed by atoms with Crippen molar-refractivity contribution in [3.63, 3.8) is 0 Å². The zero-order valence-corrected chi connectivity index (χ0v) is 9.73. The zero-order chi connectivity index (χ0) is 13.1. The number of halogens is 5. The van der Waals surface area contributed by atoms with Crippen LogP contribution in [0.4, 0.5) is 28.0 Å². The first-order valence-corrected chi connectivity index (χ1v) is 5.03. The summed E-state index contributed by atoms with van der Waals surface area (Å²) >= 11 is 2.88. The van der Waals surface area contributed by atoms with Crippen LogP contribution in [0.3, 0.4) is 0 Å². The van der Waals surface area contributed by atoms with Crippen LogP contribution in [0.15, 0.2) is 22.7 Å². The number of anilines is 1. The van der Waals surface area contributed by atoms with E-state index in [1.807, 2.05) is 5.32 Å². The Morgan fingerprint density at radius 1 is 1.41 bits per heavy atom. The number of carbonyl (C=O) groups excluding carboxylic acids is 1. The van der Waals surface area contributed by atoms with Gasteiger partial charge in [0.25, 0.3) is 0 Å². The predicted octanol–water partition coefficient (Wildman–Crippen LogP) is 3.70. The van der Waals surface area contributed by atoms with E-state index >= 15 is 0 Å². The first-order valence-electron chi connectivity index (χ1n) is 4.23. The van der Waals surface area contributed by atoms with Gasteiger partial charge in [0.05, 0.1) is 4.47 Å². The van der Waals surface area contributed by atoms with Gasteiger partial charge < -0.3 is 4.74 Å². The van der Waals surface area contributed by atoms with Gasteiger partial charge in [0, 0.05) is 5.69 Å². The van der Waals surface area contributed by atoms with Gasteiger partial charge in [-0.25, -0.2) is 9.18 Å².